The number of hydrogen-bond acceptors (Lipinski definition) is 4. The van der Waals surface area contributed by atoms with E-state index in [4.69, 9.17) is 11.6 Å². The number of hydrogen-bond donors (Lipinski definition) is 2. The minimum absolute atomic E-state index is 0.419. The van der Waals surface area contributed by atoms with Gasteiger partial charge in [-0.2, -0.15) is 5.26 Å². The molecule has 8 heteroatoms. The first-order valence-electron chi connectivity index (χ1n) is 8.92. The quantitative estimate of drug-likeness (QED) is 0.773. The first-order valence-corrected chi connectivity index (χ1v) is 9.30. The van der Waals surface area contributed by atoms with Crippen molar-refractivity contribution in [1.82, 2.24) is 15.5 Å². The highest BCUT2D eigenvalue weighted by Crippen LogP contribution is 2.30. The van der Waals surface area contributed by atoms with E-state index in [-0.39, 0.29) is 0 Å². The van der Waals surface area contributed by atoms with Crippen LogP contribution in [0.2, 0.25) is 5.02 Å². The number of benzene rings is 1. The monoisotopic (exact) mass is 388 g/mol. The summed E-state index contributed by atoms with van der Waals surface area (Å²) in [4.78, 5) is 38.6. The molecule has 1 atom stereocenters. The van der Waals surface area contributed by atoms with Crippen LogP contribution in [-0.4, -0.2) is 34.8 Å². The molecule has 1 heterocycles. The summed E-state index contributed by atoms with van der Waals surface area (Å²) in [7, 11) is 0. The van der Waals surface area contributed by atoms with Crippen molar-refractivity contribution in [3.63, 3.8) is 0 Å². The van der Waals surface area contributed by atoms with E-state index in [1.807, 2.05) is 0 Å². The van der Waals surface area contributed by atoms with Crippen molar-refractivity contribution in [2.45, 2.75) is 50.1 Å². The molecule has 0 bridgehead atoms. The standard InChI is InChI=1S/C19H21ClN4O3/c1-18(13-5-7-14(20)8-6-13)16(26)24(17(27)23-18)11-15(25)22-19(12-21)9-3-2-4-10-19/h5-8H,2-4,9-11H2,1H3,(H,22,25)(H,23,27). The van der Waals surface area contributed by atoms with Crippen molar-refractivity contribution in [2.75, 3.05) is 6.54 Å². The SMILES string of the molecule is CC1(c2ccc(Cl)cc2)NC(=O)N(CC(=O)NC2(C#N)CCCCC2)C1=O. The molecule has 0 aromatic heterocycles. The summed E-state index contributed by atoms with van der Waals surface area (Å²) in [6.07, 6.45) is 3.93. The lowest BCUT2D eigenvalue weighted by Crippen LogP contribution is -2.52. The van der Waals surface area contributed by atoms with Gasteiger partial charge in [0.2, 0.25) is 5.91 Å². The molecule has 0 radical (unpaired) electrons. The van der Waals surface area contributed by atoms with Gasteiger partial charge in [-0.25, -0.2) is 4.79 Å². The Balaban J connectivity index is 1.73. The lowest BCUT2D eigenvalue weighted by molar-refractivity contribution is -0.135. The molecule has 142 valence electrons. The second-order valence-corrected chi connectivity index (χ2v) is 7.69. The van der Waals surface area contributed by atoms with Crippen molar-refractivity contribution < 1.29 is 14.4 Å². The van der Waals surface area contributed by atoms with E-state index in [9.17, 15) is 19.6 Å². The van der Waals surface area contributed by atoms with E-state index in [1.54, 1.807) is 31.2 Å². The molecule has 1 saturated carbocycles. The Bertz CT molecular complexity index is 811. The molecule has 1 saturated heterocycles. The van der Waals surface area contributed by atoms with Gasteiger partial charge >= 0.3 is 6.03 Å². The fourth-order valence-electron chi connectivity index (χ4n) is 3.69. The Morgan fingerprint density at radius 1 is 1.26 bits per heavy atom. The molecule has 1 aliphatic heterocycles. The van der Waals surface area contributed by atoms with E-state index in [0.29, 0.717) is 23.4 Å². The average molecular weight is 389 g/mol. The topological polar surface area (TPSA) is 102 Å². The van der Waals surface area contributed by atoms with Crippen LogP contribution < -0.4 is 10.6 Å². The number of carbonyl (C=O) groups is 3. The number of urea groups is 1. The molecular formula is C19H21ClN4O3. The molecule has 1 aromatic rings. The third-order valence-electron chi connectivity index (χ3n) is 5.30. The normalized spacial score (nSPS) is 24.3. The number of nitrogens with one attached hydrogen (secondary N) is 2. The zero-order chi connectivity index (χ0) is 19.7. The summed E-state index contributed by atoms with van der Waals surface area (Å²) in [5, 5.41) is 15.4. The predicted octanol–water partition coefficient (Wildman–Crippen LogP) is 2.45. The van der Waals surface area contributed by atoms with Crippen molar-refractivity contribution in [2.24, 2.45) is 0 Å². The Hall–Kier alpha value is -2.59. The third kappa shape index (κ3) is 3.62. The van der Waals surface area contributed by atoms with E-state index >= 15 is 0 Å². The zero-order valence-electron chi connectivity index (χ0n) is 15.0. The third-order valence-corrected chi connectivity index (χ3v) is 5.55. The van der Waals surface area contributed by atoms with Crippen LogP contribution in [0.1, 0.15) is 44.6 Å². The molecule has 1 aromatic carbocycles. The summed E-state index contributed by atoms with van der Waals surface area (Å²) in [5.41, 5.74) is -1.60. The van der Waals surface area contributed by atoms with Gasteiger partial charge in [0.1, 0.15) is 17.6 Å². The number of imide groups is 1. The second-order valence-electron chi connectivity index (χ2n) is 7.26. The molecule has 1 unspecified atom stereocenters. The summed E-state index contributed by atoms with van der Waals surface area (Å²) >= 11 is 5.88. The zero-order valence-corrected chi connectivity index (χ0v) is 15.8. The van der Waals surface area contributed by atoms with Gasteiger partial charge in [-0.15, -0.1) is 0 Å². The van der Waals surface area contributed by atoms with Crippen LogP contribution in [0.25, 0.3) is 0 Å². The fraction of sp³-hybridized carbons (Fsp3) is 0.474. The number of halogens is 1. The fourth-order valence-corrected chi connectivity index (χ4v) is 3.82. The molecule has 3 rings (SSSR count). The highest BCUT2D eigenvalue weighted by molar-refractivity contribution is 6.30. The smallest absolute Gasteiger partial charge is 0.325 e. The lowest BCUT2D eigenvalue weighted by Gasteiger charge is -2.32. The first-order chi connectivity index (χ1) is 12.8. The molecule has 2 N–H and O–H groups in total. The summed E-state index contributed by atoms with van der Waals surface area (Å²) in [6.45, 7) is 1.17. The van der Waals surface area contributed by atoms with Crippen molar-refractivity contribution in [3.8, 4) is 6.07 Å². The van der Waals surface area contributed by atoms with Crippen molar-refractivity contribution in [1.29, 1.82) is 5.26 Å². The molecule has 27 heavy (non-hydrogen) atoms. The lowest BCUT2D eigenvalue weighted by atomic mass is 9.83. The van der Waals surface area contributed by atoms with E-state index in [0.717, 1.165) is 24.2 Å². The Labute approximate surface area is 162 Å². The van der Waals surface area contributed by atoms with Crippen molar-refractivity contribution in [3.05, 3.63) is 34.9 Å². The minimum Gasteiger partial charge on any atom is -0.336 e. The van der Waals surface area contributed by atoms with Gasteiger partial charge in [0.25, 0.3) is 5.91 Å². The number of nitriles is 1. The summed E-state index contributed by atoms with van der Waals surface area (Å²) in [6, 6.07) is 8.16. The van der Waals surface area contributed by atoms with Crippen LogP contribution in [0.5, 0.6) is 0 Å². The largest absolute Gasteiger partial charge is 0.336 e. The van der Waals surface area contributed by atoms with Crippen LogP contribution in [0.15, 0.2) is 24.3 Å². The van der Waals surface area contributed by atoms with Gasteiger partial charge in [-0.05, 0) is 37.5 Å². The molecular weight excluding hydrogens is 368 g/mol. The van der Waals surface area contributed by atoms with Crippen LogP contribution in [0.3, 0.4) is 0 Å². The minimum atomic E-state index is -1.26. The highest BCUT2D eigenvalue weighted by atomic mass is 35.5. The van der Waals surface area contributed by atoms with Crippen LogP contribution >= 0.6 is 11.6 Å². The van der Waals surface area contributed by atoms with Gasteiger partial charge in [0, 0.05) is 5.02 Å². The second kappa shape index (κ2) is 7.20. The average Bonchev–Trinajstić information content (AvgIpc) is 2.87. The van der Waals surface area contributed by atoms with Gasteiger partial charge in [-0.1, -0.05) is 43.0 Å². The number of rotatable bonds is 4. The maximum Gasteiger partial charge on any atom is 0.325 e. The van der Waals surface area contributed by atoms with Gasteiger partial charge in [-0.3, -0.25) is 14.5 Å². The van der Waals surface area contributed by atoms with Crippen molar-refractivity contribution >= 4 is 29.4 Å². The van der Waals surface area contributed by atoms with Crippen LogP contribution in [0, 0.1) is 11.3 Å². The molecule has 2 fully saturated rings. The molecule has 4 amide bonds. The highest BCUT2D eigenvalue weighted by Gasteiger charge is 2.49. The Morgan fingerprint density at radius 2 is 1.89 bits per heavy atom. The number of nitrogens with zero attached hydrogens (tertiary/aromatic N) is 2. The molecule has 2 aliphatic rings. The molecule has 7 nitrogen and oxygen atoms in total. The van der Waals surface area contributed by atoms with Gasteiger partial charge in [0.15, 0.2) is 0 Å². The maximum atomic E-state index is 12.9. The van der Waals surface area contributed by atoms with E-state index in [2.05, 4.69) is 16.7 Å². The number of carbonyl (C=O) groups excluding carboxylic acids is 3. The number of amides is 4. The van der Waals surface area contributed by atoms with Gasteiger partial charge < -0.3 is 10.6 Å². The summed E-state index contributed by atoms with van der Waals surface area (Å²) < 4.78 is 0. The summed E-state index contributed by atoms with van der Waals surface area (Å²) in [5.74, 6) is -1.03. The molecule has 0 spiro atoms. The predicted molar refractivity (Wildman–Crippen MR) is 98.6 cm³/mol. The molecule has 1 aliphatic carbocycles. The van der Waals surface area contributed by atoms with E-state index in [1.165, 1.54) is 0 Å². The van der Waals surface area contributed by atoms with Crippen LogP contribution in [-0.2, 0) is 15.1 Å². The first kappa shape index (κ1) is 19.2. The van der Waals surface area contributed by atoms with Crippen LogP contribution in [0.4, 0.5) is 4.79 Å². The Kier molecular flexibility index (Phi) is 5.11. The van der Waals surface area contributed by atoms with E-state index < -0.39 is 35.5 Å². The Morgan fingerprint density at radius 3 is 2.48 bits per heavy atom. The van der Waals surface area contributed by atoms with Gasteiger partial charge in [0.05, 0.1) is 6.07 Å². The maximum absolute atomic E-state index is 12.9.